The maximum atomic E-state index is 12.6. The molecule has 4 rings (SSSR count). The molecule has 1 fully saturated rings. The lowest BCUT2D eigenvalue weighted by Gasteiger charge is -2.33. The van der Waals surface area contributed by atoms with Crippen molar-refractivity contribution in [3.05, 3.63) is 76.9 Å². The Hall–Kier alpha value is -2.55. The molecule has 2 aromatic carbocycles. The van der Waals surface area contributed by atoms with Crippen LogP contribution in [0.25, 0.3) is 5.57 Å². The summed E-state index contributed by atoms with van der Waals surface area (Å²) in [7, 11) is 0. The Kier molecular flexibility index (Phi) is 4.54. The van der Waals surface area contributed by atoms with Gasteiger partial charge in [0, 0.05) is 6.04 Å². The van der Waals surface area contributed by atoms with Crippen molar-refractivity contribution in [3.8, 4) is 0 Å². The molecule has 3 heteroatoms. The van der Waals surface area contributed by atoms with E-state index in [9.17, 15) is 4.79 Å². The summed E-state index contributed by atoms with van der Waals surface area (Å²) in [6, 6.07) is 16.9. The van der Waals surface area contributed by atoms with E-state index in [0.29, 0.717) is 6.61 Å². The number of hydrogen-bond acceptors (Lipinski definition) is 2. The number of rotatable bonds is 3. The molecular weight excluding hydrogens is 322 g/mol. The fourth-order valence-corrected chi connectivity index (χ4v) is 4.06. The predicted octanol–water partition coefficient (Wildman–Crippen LogP) is 5.26. The number of hydrogen-bond donors (Lipinski definition) is 0. The quantitative estimate of drug-likeness (QED) is 0.758. The van der Waals surface area contributed by atoms with E-state index in [2.05, 4.69) is 38.1 Å². The highest BCUT2D eigenvalue weighted by molar-refractivity contribution is 5.75. The van der Waals surface area contributed by atoms with Crippen LogP contribution in [0.5, 0.6) is 0 Å². The van der Waals surface area contributed by atoms with E-state index in [4.69, 9.17) is 4.74 Å². The maximum absolute atomic E-state index is 12.6. The highest BCUT2D eigenvalue weighted by Gasteiger charge is 2.40. The summed E-state index contributed by atoms with van der Waals surface area (Å²) in [6.07, 6.45) is 5.09. The summed E-state index contributed by atoms with van der Waals surface area (Å²) >= 11 is 0. The van der Waals surface area contributed by atoms with Crippen LogP contribution in [0.1, 0.15) is 41.5 Å². The van der Waals surface area contributed by atoms with Crippen LogP contribution in [-0.2, 0) is 11.3 Å². The first-order valence-electron chi connectivity index (χ1n) is 9.39. The van der Waals surface area contributed by atoms with Crippen molar-refractivity contribution in [1.29, 1.82) is 0 Å². The van der Waals surface area contributed by atoms with Gasteiger partial charge in [0.1, 0.15) is 6.61 Å². The molecule has 3 nitrogen and oxygen atoms in total. The minimum Gasteiger partial charge on any atom is -0.445 e. The number of aryl methyl sites for hydroxylation is 2. The van der Waals surface area contributed by atoms with Crippen LogP contribution < -0.4 is 0 Å². The van der Waals surface area contributed by atoms with Gasteiger partial charge in [-0.3, -0.25) is 4.90 Å². The van der Waals surface area contributed by atoms with Gasteiger partial charge < -0.3 is 4.74 Å². The zero-order valence-electron chi connectivity index (χ0n) is 15.4. The molecule has 0 aromatic heterocycles. The van der Waals surface area contributed by atoms with Crippen molar-refractivity contribution in [2.75, 3.05) is 0 Å². The van der Waals surface area contributed by atoms with Gasteiger partial charge in [0.15, 0.2) is 0 Å². The summed E-state index contributed by atoms with van der Waals surface area (Å²) in [5, 5.41) is 0. The standard InChI is InChI=1S/C23H25NO2/c1-16-8-9-19(12-17(16)2)20-13-21-10-11-22(14-20)24(21)23(25)26-15-18-6-4-3-5-7-18/h3-9,12-13,21-22H,10-11,14-15H2,1-2H3. The Morgan fingerprint density at radius 3 is 2.62 bits per heavy atom. The number of amides is 1. The monoisotopic (exact) mass is 347 g/mol. The number of carbonyl (C=O) groups is 1. The van der Waals surface area contributed by atoms with Crippen molar-refractivity contribution in [2.45, 2.75) is 51.8 Å². The highest BCUT2D eigenvalue weighted by atomic mass is 16.6. The summed E-state index contributed by atoms with van der Waals surface area (Å²) in [6.45, 7) is 4.63. The first-order valence-corrected chi connectivity index (χ1v) is 9.39. The van der Waals surface area contributed by atoms with Gasteiger partial charge in [-0.15, -0.1) is 0 Å². The minimum absolute atomic E-state index is 0.161. The zero-order chi connectivity index (χ0) is 18.1. The van der Waals surface area contributed by atoms with Gasteiger partial charge in [-0.05, 0) is 60.9 Å². The van der Waals surface area contributed by atoms with Gasteiger partial charge in [0.2, 0.25) is 0 Å². The first kappa shape index (κ1) is 16.9. The second-order valence-electron chi connectivity index (χ2n) is 7.44. The predicted molar refractivity (Wildman–Crippen MR) is 104 cm³/mol. The van der Waals surface area contributed by atoms with E-state index in [1.165, 1.54) is 22.3 Å². The molecule has 2 aromatic rings. The van der Waals surface area contributed by atoms with E-state index < -0.39 is 0 Å². The molecule has 2 atom stereocenters. The summed E-state index contributed by atoms with van der Waals surface area (Å²) in [5.74, 6) is 0. The van der Waals surface area contributed by atoms with Crippen LogP contribution in [0.15, 0.2) is 54.6 Å². The van der Waals surface area contributed by atoms with Crippen molar-refractivity contribution >= 4 is 11.7 Å². The number of fused-ring (bicyclic) bond motifs is 2. The molecule has 1 saturated heterocycles. The summed E-state index contributed by atoms with van der Waals surface area (Å²) in [4.78, 5) is 14.6. The zero-order valence-corrected chi connectivity index (χ0v) is 15.4. The van der Waals surface area contributed by atoms with Gasteiger partial charge in [0.25, 0.3) is 0 Å². The van der Waals surface area contributed by atoms with Crippen LogP contribution in [0.3, 0.4) is 0 Å². The average molecular weight is 347 g/mol. The van der Waals surface area contributed by atoms with Gasteiger partial charge in [-0.1, -0.05) is 54.6 Å². The van der Waals surface area contributed by atoms with Crippen LogP contribution >= 0.6 is 0 Å². The molecule has 0 radical (unpaired) electrons. The summed E-state index contributed by atoms with van der Waals surface area (Å²) < 4.78 is 5.58. The molecular formula is C23H25NO2. The lowest BCUT2D eigenvalue weighted by molar-refractivity contribution is 0.0832. The van der Waals surface area contributed by atoms with Gasteiger partial charge in [0.05, 0.1) is 6.04 Å². The third kappa shape index (κ3) is 3.26. The molecule has 2 unspecified atom stereocenters. The van der Waals surface area contributed by atoms with Crippen LogP contribution in [-0.4, -0.2) is 23.1 Å². The van der Waals surface area contributed by atoms with E-state index in [1.54, 1.807) is 0 Å². The van der Waals surface area contributed by atoms with Gasteiger partial charge >= 0.3 is 6.09 Å². The largest absolute Gasteiger partial charge is 0.445 e. The fourth-order valence-electron chi connectivity index (χ4n) is 4.06. The molecule has 0 saturated carbocycles. The average Bonchev–Trinajstić information content (AvgIpc) is 2.92. The highest BCUT2D eigenvalue weighted by Crippen LogP contribution is 2.39. The smallest absolute Gasteiger partial charge is 0.410 e. The second kappa shape index (κ2) is 6.99. The Morgan fingerprint density at radius 1 is 1.08 bits per heavy atom. The fraction of sp³-hybridized carbons (Fsp3) is 0.348. The number of nitrogens with zero attached hydrogens (tertiary/aromatic N) is 1. The molecule has 2 aliphatic heterocycles. The normalized spacial score (nSPS) is 21.5. The molecule has 2 heterocycles. The molecule has 2 bridgehead atoms. The Labute approximate surface area is 155 Å². The molecule has 1 amide bonds. The van der Waals surface area contributed by atoms with Crippen molar-refractivity contribution in [3.63, 3.8) is 0 Å². The molecule has 134 valence electrons. The summed E-state index contributed by atoms with van der Waals surface area (Å²) in [5.41, 5.74) is 6.33. The number of benzene rings is 2. The van der Waals surface area contributed by atoms with Gasteiger partial charge in [-0.25, -0.2) is 4.79 Å². The van der Waals surface area contributed by atoms with Crippen molar-refractivity contribution in [2.24, 2.45) is 0 Å². The van der Waals surface area contributed by atoms with E-state index in [-0.39, 0.29) is 18.2 Å². The van der Waals surface area contributed by atoms with Crippen LogP contribution in [0, 0.1) is 13.8 Å². The molecule has 0 spiro atoms. The van der Waals surface area contributed by atoms with Gasteiger partial charge in [-0.2, -0.15) is 0 Å². The van der Waals surface area contributed by atoms with Crippen molar-refractivity contribution < 1.29 is 9.53 Å². The van der Waals surface area contributed by atoms with Crippen LogP contribution in [0.2, 0.25) is 0 Å². The molecule has 26 heavy (non-hydrogen) atoms. The first-order chi connectivity index (χ1) is 12.6. The van der Waals surface area contributed by atoms with E-state index in [0.717, 1.165) is 24.8 Å². The molecule has 0 aliphatic carbocycles. The van der Waals surface area contributed by atoms with Crippen LogP contribution in [0.4, 0.5) is 4.79 Å². The Balaban J connectivity index is 1.47. The SMILES string of the molecule is Cc1ccc(C2=CC3CCC(C2)N3C(=O)OCc2ccccc2)cc1C. The third-order valence-electron chi connectivity index (χ3n) is 5.69. The maximum Gasteiger partial charge on any atom is 0.410 e. The Morgan fingerprint density at radius 2 is 1.88 bits per heavy atom. The number of ether oxygens (including phenoxy) is 1. The lowest BCUT2D eigenvalue weighted by atomic mass is 9.93. The van der Waals surface area contributed by atoms with Crippen molar-refractivity contribution in [1.82, 2.24) is 4.90 Å². The lowest BCUT2D eigenvalue weighted by Crippen LogP contribution is -2.43. The Bertz CT molecular complexity index is 841. The molecule has 2 aliphatic rings. The number of carbonyl (C=O) groups excluding carboxylic acids is 1. The third-order valence-corrected chi connectivity index (χ3v) is 5.69. The minimum atomic E-state index is -0.184. The molecule has 0 N–H and O–H groups in total. The van der Waals surface area contributed by atoms with E-state index in [1.807, 2.05) is 35.2 Å². The second-order valence-corrected chi connectivity index (χ2v) is 7.44. The van der Waals surface area contributed by atoms with E-state index >= 15 is 0 Å². The topological polar surface area (TPSA) is 29.5 Å².